The molecule has 12 heteroatoms. The predicted octanol–water partition coefficient (Wildman–Crippen LogP) is 3.12. The molecule has 0 unspecified atom stereocenters. The number of benzene rings is 2. The van der Waals surface area contributed by atoms with Gasteiger partial charge in [0.15, 0.2) is 5.58 Å². The van der Waals surface area contributed by atoms with Crippen LogP contribution in [0.3, 0.4) is 0 Å². The van der Waals surface area contributed by atoms with Gasteiger partial charge in [-0.05, 0) is 34.1 Å². The van der Waals surface area contributed by atoms with Crippen molar-refractivity contribution in [1.82, 2.24) is 20.4 Å². The second-order valence-electron chi connectivity index (χ2n) is 5.43. The number of H-pyrrole nitrogens is 2. The first-order valence-corrected chi connectivity index (χ1v) is 10.0. The molecule has 4 rings (SSSR count). The average molecular weight is 471 g/mol. The minimum absolute atomic E-state index is 0.0355. The SMILES string of the molecule is O=c1[nH]c2cc(Br)c(S(=O)(=O)Nc3ccc(-c4cn[nH]n4)cc3)c(Cl)c2o1. The van der Waals surface area contributed by atoms with Crippen LogP contribution in [0.2, 0.25) is 5.02 Å². The number of nitrogens with zero attached hydrogens (tertiary/aromatic N) is 2. The van der Waals surface area contributed by atoms with E-state index in [4.69, 9.17) is 16.0 Å². The van der Waals surface area contributed by atoms with Crippen molar-refractivity contribution >= 4 is 54.3 Å². The second-order valence-corrected chi connectivity index (χ2v) is 8.28. The van der Waals surface area contributed by atoms with E-state index >= 15 is 0 Å². The molecule has 0 radical (unpaired) electrons. The molecule has 0 saturated heterocycles. The molecular weight excluding hydrogens is 462 g/mol. The van der Waals surface area contributed by atoms with Crippen LogP contribution >= 0.6 is 27.5 Å². The van der Waals surface area contributed by atoms with Crippen LogP contribution < -0.4 is 10.5 Å². The zero-order valence-corrected chi connectivity index (χ0v) is 16.3. The summed E-state index contributed by atoms with van der Waals surface area (Å²) >= 11 is 9.36. The summed E-state index contributed by atoms with van der Waals surface area (Å²) in [6.07, 6.45) is 1.55. The highest BCUT2D eigenvalue weighted by molar-refractivity contribution is 9.10. The molecule has 0 aliphatic heterocycles. The van der Waals surface area contributed by atoms with E-state index in [0.717, 1.165) is 5.56 Å². The fourth-order valence-corrected chi connectivity index (χ4v) is 5.43. The Morgan fingerprint density at radius 1 is 1.22 bits per heavy atom. The van der Waals surface area contributed by atoms with Crippen molar-refractivity contribution < 1.29 is 12.8 Å². The number of aromatic nitrogens is 4. The van der Waals surface area contributed by atoms with Crippen molar-refractivity contribution in [1.29, 1.82) is 0 Å². The number of aromatic amines is 2. The molecule has 0 amide bonds. The number of hydrogen-bond acceptors (Lipinski definition) is 6. The Kier molecular flexibility index (Phi) is 4.29. The first-order valence-electron chi connectivity index (χ1n) is 7.35. The smallest absolute Gasteiger partial charge is 0.406 e. The van der Waals surface area contributed by atoms with Crippen LogP contribution in [0.4, 0.5) is 5.69 Å². The predicted molar refractivity (Wildman–Crippen MR) is 102 cm³/mol. The maximum atomic E-state index is 12.8. The minimum atomic E-state index is -4.06. The summed E-state index contributed by atoms with van der Waals surface area (Å²) in [5.41, 5.74) is 1.96. The van der Waals surface area contributed by atoms with E-state index in [1.165, 1.54) is 6.07 Å². The summed E-state index contributed by atoms with van der Waals surface area (Å²) in [4.78, 5) is 13.5. The quantitative estimate of drug-likeness (QED) is 0.419. The fourth-order valence-electron chi connectivity index (χ4n) is 2.51. The topological polar surface area (TPSA) is 134 Å². The monoisotopic (exact) mass is 469 g/mol. The van der Waals surface area contributed by atoms with E-state index in [1.807, 2.05) is 0 Å². The first-order chi connectivity index (χ1) is 12.8. The van der Waals surface area contributed by atoms with Gasteiger partial charge in [0.25, 0.3) is 10.0 Å². The van der Waals surface area contributed by atoms with Crippen LogP contribution in [0.15, 0.2) is 55.1 Å². The van der Waals surface area contributed by atoms with Gasteiger partial charge in [-0.15, -0.1) is 0 Å². The Bertz CT molecular complexity index is 1300. The maximum Gasteiger partial charge on any atom is 0.417 e. The van der Waals surface area contributed by atoms with Gasteiger partial charge >= 0.3 is 5.76 Å². The highest BCUT2D eigenvalue weighted by Crippen LogP contribution is 2.36. The van der Waals surface area contributed by atoms with Gasteiger partial charge in [0.2, 0.25) is 0 Å². The lowest BCUT2D eigenvalue weighted by atomic mass is 10.1. The third-order valence-corrected chi connectivity index (χ3v) is 6.51. The molecule has 0 spiro atoms. The van der Waals surface area contributed by atoms with Gasteiger partial charge in [0, 0.05) is 15.7 Å². The number of nitrogens with one attached hydrogen (secondary N) is 3. The molecule has 138 valence electrons. The molecule has 27 heavy (non-hydrogen) atoms. The van der Waals surface area contributed by atoms with E-state index in [1.54, 1.807) is 30.5 Å². The van der Waals surface area contributed by atoms with E-state index in [2.05, 4.69) is 41.0 Å². The summed E-state index contributed by atoms with van der Waals surface area (Å²) in [5.74, 6) is -0.732. The number of sulfonamides is 1. The summed E-state index contributed by atoms with van der Waals surface area (Å²) in [5, 5.41) is 9.98. The third-order valence-electron chi connectivity index (χ3n) is 3.68. The fraction of sp³-hybridized carbons (Fsp3) is 0. The van der Waals surface area contributed by atoms with Crippen molar-refractivity contribution in [2.45, 2.75) is 4.90 Å². The Hall–Kier alpha value is -2.63. The Morgan fingerprint density at radius 2 is 1.96 bits per heavy atom. The van der Waals surface area contributed by atoms with Gasteiger partial charge < -0.3 is 4.42 Å². The van der Waals surface area contributed by atoms with Gasteiger partial charge in [0.05, 0.1) is 11.7 Å². The number of oxazole rings is 1. The zero-order valence-electron chi connectivity index (χ0n) is 13.2. The molecule has 0 aliphatic rings. The van der Waals surface area contributed by atoms with Crippen molar-refractivity contribution in [2.24, 2.45) is 0 Å². The lowest BCUT2D eigenvalue weighted by molar-refractivity contribution is 0.554. The maximum absolute atomic E-state index is 12.8. The lowest BCUT2D eigenvalue weighted by Crippen LogP contribution is -2.14. The standard InChI is InChI=1S/C15H9BrClN5O4S/c16-9-5-10-13(26-15(23)19-10)12(17)14(9)27(24,25)21-8-3-1-7(2-4-8)11-6-18-22-20-11/h1-6,21H,(H,19,23)(H,18,20,22). The highest BCUT2D eigenvalue weighted by Gasteiger charge is 2.26. The molecular formula is C15H9BrClN5O4S. The van der Waals surface area contributed by atoms with Crippen LogP contribution in [-0.2, 0) is 10.0 Å². The first kappa shape index (κ1) is 17.8. The summed E-state index contributed by atoms with van der Waals surface area (Å²) in [7, 11) is -4.06. The van der Waals surface area contributed by atoms with E-state index < -0.39 is 15.8 Å². The van der Waals surface area contributed by atoms with E-state index in [0.29, 0.717) is 11.4 Å². The van der Waals surface area contributed by atoms with Crippen LogP contribution in [0.5, 0.6) is 0 Å². The van der Waals surface area contributed by atoms with Crippen LogP contribution in [-0.4, -0.2) is 28.8 Å². The molecule has 0 saturated carbocycles. The molecule has 2 heterocycles. The number of halogens is 2. The minimum Gasteiger partial charge on any atom is -0.406 e. The van der Waals surface area contributed by atoms with Crippen molar-refractivity contribution in [3.05, 3.63) is 56.6 Å². The van der Waals surface area contributed by atoms with Crippen molar-refractivity contribution in [2.75, 3.05) is 4.72 Å². The van der Waals surface area contributed by atoms with E-state index in [9.17, 15) is 13.2 Å². The third kappa shape index (κ3) is 3.24. The zero-order chi connectivity index (χ0) is 19.2. The van der Waals surface area contributed by atoms with Crippen molar-refractivity contribution in [3.8, 4) is 11.3 Å². The molecule has 2 aromatic carbocycles. The Balaban J connectivity index is 1.72. The van der Waals surface area contributed by atoms with Gasteiger partial charge in [-0.1, -0.05) is 23.7 Å². The number of rotatable bonds is 4. The average Bonchev–Trinajstić information content (AvgIpc) is 3.24. The summed E-state index contributed by atoms with van der Waals surface area (Å²) < 4.78 is 33.2. The van der Waals surface area contributed by atoms with Gasteiger partial charge in [-0.25, -0.2) is 13.2 Å². The molecule has 0 atom stereocenters. The number of anilines is 1. The molecule has 0 bridgehead atoms. The van der Waals surface area contributed by atoms with Gasteiger partial charge in [-0.3, -0.25) is 9.71 Å². The molecule has 0 fully saturated rings. The number of fused-ring (bicyclic) bond motifs is 1. The molecule has 4 aromatic rings. The molecule has 2 aromatic heterocycles. The number of hydrogen-bond donors (Lipinski definition) is 3. The molecule has 9 nitrogen and oxygen atoms in total. The van der Waals surface area contributed by atoms with Crippen molar-refractivity contribution in [3.63, 3.8) is 0 Å². The van der Waals surface area contributed by atoms with Crippen LogP contribution in [0, 0.1) is 0 Å². The van der Waals surface area contributed by atoms with Crippen LogP contribution in [0.1, 0.15) is 0 Å². The Labute approximate surface area is 164 Å². The molecule has 0 aliphatic carbocycles. The summed E-state index contributed by atoms with van der Waals surface area (Å²) in [6.45, 7) is 0. The highest BCUT2D eigenvalue weighted by atomic mass is 79.9. The van der Waals surface area contributed by atoms with Gasteiger partial charge in [-0.2, -0.15) is 15.4 Å². The molecule has 3 N–H and O–H groups in total. The van der Waals surface area contributed by atoms with E-state index in [-0.39, 0.29) is 25.5 Å². The second kappa shape index (κ2) is 6.51. The Morgan fingerprint density at radius 3 is 2.63 bits per heavy atom. The van der Waals surface area contributed by atoms with Crippen LogP contribution in [0.25, 0.3) is 22.4 Å². The van der Waals surface area contributed by atoms with Gasteiger partial charge in [0.1, 0.15) is 15.6 Å². The normalized spacial score (nSPS) is 11.8. The lowest BCUT2D eigenvalue weighted by Gasteiger charge is -2.11. The largest absolute Gasteiger partial charge is 0.417 e. The summed E-state index contributed by atoms with van der Waals surface area (Å²) in [6, 6.07) is 7.96.